The van der Waals surface area contributed by atoms with Crippen molar-refractivity contribution >= 4 is 29.4 Å². The fourth-order valence-electron chi connectivity index (χ4n) is 1.26. The Balaban J connectivity index is 2.70. The smallest absolute Gasteiger partial charge is 0.272 e. The minimum absolute atomic E-state index is 0.0323. The van der Waals surface area contributed by atoms with E-state index in [9.17, 15) is 10.0 Å². The molecule has 1 aromatic carbocycles. The minimum atomic E-state index is -1.09. The van der Waals surface area contributed by atoms with Crippen LogP contribution in [0.4, 0.5) is 5.69 Å². The molecule has 0 fully saturated rings. The Kier molecular flexibility index (Phi) is 5.91. The average molecular weight is 286 g/mol. The molecule has 0 aliphatic carbocycles. The summed E-state index contributed by atoms with van der Waals surface area (Å²) in [4.78, 5) is 11.7. The summed E-state index contributed by atoms with van der Waals surface area (Å²) in [6, 6.07) is 3.91. The maximum absolute atomic E-state index is 11.7. The van der Waals surface area contributed by atoms with Crippen molar-refractivity contribution in [1.29, 1.82) is 0 Å². The van der Waals surface area contributed by atoms with Crippen LogP contribution in [0.2, 0.25) is 5.02 Å². The number of rotatable bonds is 5. The second-order valence-electron chi connectivity index (χ2n) is 4.38. The van der Waals surface area contributed by atoms with Crippen LogP contribution in [0.15, 0.2) is 23.3 Å². The first-order valence-corrected chi connectivity index (χ1v) is 6.14. The van der Waals surface area contributed by atoms with Gasteiger partial charge in [-0.1, -0.05) is 25.4 Å². The normalized spacial score (nSPS) is 12.9. The third kappa shape index (κ3) is 4.96. The second-order valence-corrected chi connectivity index (χ2v) is 4.79. The van der Waals surface area contributed by atoms with E-state index in [2.05, 4.69) is 10.5 Å². The zero-order chi connectivity index (χ0) is 14.4. The van der Waals surface area contributed by atoms with Gasteiger partial charge in [-0.3, -0.25) is 4.79 Å². The van der Waals surface area contributed by atoms with Crippen molar-refractivity contribution in [2.75, 3.05) is 0 Å². The summed E-state index contributed by atoms with van der Waals surface area (Å²) in [6.45, 7) is 4.07. The lowest BCUT2D eigenvalue weighted by atomic mass is 10.2. The largest absolute Gasteiger partial charge is 0.595 e. The van der Waals surface area contributed by atoms with Crippen molar-refractivity contribution in [3.8, 4) is 0 Å². The molecule has 0 spiro atoms. The molecule has 0 aliphatic heterocycles. The van der Waals surface area contributed by atoms with E-state index < -0.39 is 11.1 Å². The molecule has 6 nitrogen and oxygen atoms in total. The summed E-state index contributed by atoms with van der Waals surface area (Å²) in [6.07, 6.45) is 2.37. The maximum atomic E-state index is 11.7. The van der Waals surface area contributed by atoms with E-state index in [1.807, 2.05) is 13.8 Å². The lowest BCUT2D eigenvalue weighted by Crippen LogP contribution is -2.99. The fourth-order valence-corrected chi connectivity index (χ4v) is 1.53. The standard InChI is InChI=1S/C12H16ClN3O3/c1-8(2)5-6-14-15-12(17)10-4-3-9(16(18)19)7-11(10)13/h3-4,6-8,16,18H,5H2,1-2H3,(H,15,17)/b14-6+. The molecule has 0 heterocycles. The Labute approximate surface area is 116 Å². The summed E-state index contributed by atoms with van der Waals surface area (Å²) < 4.78 is 0. The van der Waals surface area contributed by atoms with E-state index >= 15 is 0 Å². The van der Waals surface area contributed by atoms with Gasteiger partial charge in [0.25, 0.3) is 5.91 Å². The Morgan fingerprint density at radius 2 is 2.32 bits per heavy atom. The van der Waals surface area contributed by atoms with Crippen molar-refractivity contribution < 1.29 is 15.2 Å². The molecule has 0 saturated carbocycles. The zero-order valence-electron chi connectivity index (χ0n) is 10.7. The van der Waals surface area contributed by atoms with Crippen LogP contribution >= 0.6 is 11.6 Å². The van der Waals surface area contributed by atoms with Crippen LogP contribution in [0, 0.1) is 11.1 Å². The number of carbonyl (C=O) groups excluding carboxylic acids is 1. The quantitative estimate of drug-likeness (QED) is 0.566. The van der Waals surface area contributed by atoms with Crippen LogP contribution < -0.4 is 10.7 Å². The molecule has 0 bridgehead atoms. The molecule has 0 saturated heterocycles. The summed E-state index contributed by atoms with van der Waals surface area (Å²) in [7, 11) is 0. The predicted molar refractivity (Wildman–Crippen MR) is 72.6 cm³/mol. The second kappa shape index (κ2) is 7.20. The number of halogens is 1. The van der Waals surface area contributed by atoms with Gasteiger partial charge in [0, 0.05) is 18.3 Å². The maximum Gasteiger partial charge on any atom is 0.272 e. The summed E-state index contributed by atoms with van der Waals surface area (Å²) in [5, 5.41) is 22.3. The van der Waals surface area contributed by atoms with Crippen molar-refractivity contribution in [2.24, 2.45) is 11.0 Å². The van der Waals surface area contributed by atoms with E-state index in [1.165, 1.54) is 18.2 Å². The first kappa shape index (κ1) is 15.6. The van der Waals surface area contributed by atoms with Crippen molar-refractivity contribution in [2.45, 2.75) is 20.3 Å². The van der Waals surface area contributed by atoms with Crippen molar-refractivity contribution in [3.05, 3.63) is 34.0 Å². The molecule has 1 amide bonds. The predicted octanol–water partition coefficient (Wildman–Crippen LogP) is 1.51. The number of nitrogens with zero attached hydrogens (tertiary/aromatic N) is 1. The first-order chi connectivity index (χ1) is 8.91. The molecule has 1 rings (SSSR count). The average Bonchev–Trinajstić information content (AvgIpc) is 2.33. The van der Waals surface area contributed by atoms with Crippen LogP contribution in [0.3, 0.4) is 0 Å². The molecule has 0 aromatic heterocycles. The van der Waals surface area contributed by atoms with Gasteiger partial charge in [0.1, 0.15) is 0 Å². The van der Waals surface area contributed by atoms with Crippen LogP contribution in [0.5, 0.6) is 0 Å². The molecule has 7 heteroatoms. The lowest BCUT2D eigenvalue weighted by Gasteiger charge is -2.12. The highest BCUT2D eigenvalue weighted by Crippen LogP contribution is 2.18. The van der Waals surface area contributed by atoms with Crippen molar-refractivity contribution in [3.63, 3.8) is 0 Å². The molecule has 0 radical (unpaired) electrons. The molecule has 1 unspecified atom stereocenters. The highest BCUT2D eigenvalue weighted by Gasteiger charge is 2.12. The minimum Gasteiger partial charge on any atom is -0.595 e. The number of hydrogen-bond donors (Lipinski definition) is 3. The van der Waals surface area contributed by atoms with Gasteiger partial charge in [-0.15, -0.1) is 0 Å². The SMILES string of the molecule is CC(C)C/C=N/NC(=O)c1ccc([NH+]([O-])O)cc1Cl. The third-order valence-electron chi connectivity index (χ3n) is 2.29. The van der Waals surface area contributed by atoms with Crippen LogP contribution in [-0.4, -0.2) is 17.3 Å². The number of hydrogen-bond acceptors (Lipinski definition) is 4. The van der Waals surface area contributed by atoms with E-state index in [4.69, 9.17) is 16.8 Å². The number of quaternary nitrogens is 1. The highest BCUT2D eigenvalue weighted by molar-refractivity contribution is 6.34. The van der Waals surface area contributed by atoms with Gasteiger partial charge in [0.05, 0.1) is 10.6 Å². The Morgan fingerprint density at radius 1 is 1.63 bits per heavy atom. The van der Waals surface area contributed by atoms with E-state index in [1.54, 1.807) is 6.21 Å². The monoisotopic (exact) mass is 285 g/mol. The summed E-state index contributed by atoms with van der Waals surface area (Å²) >= 11 is 5.86. The number of nitrogens with one attached hydrogen (secondary N) is 2. The Bertz CT molecular complexity index is 475. The first-order valence-electron chi connectivity index (χ1n) is 5.76. The Morgan fingerprint density at radius 3 is 2.84 bits per heavy atom. The van der Waals surface area contributed by atoms with Gasteiger partial charge in [-0.25, -0.2) is 10.6 Å². The van der Waals surface area contributed by atoms with Gasteiger partial charge < -0.3 is 5.21 Å². The molecule has 104 valence electrons. The highest BCUT2D eigenvalue weighted by atomic mass is 35.5. The topological polar surface area (TPSA) is 89.2 Å². The molecule has 1 aromatic rings. The number of benzene rings is 1. The molecule has 0 aliphatic rings. The van der Waals surface area contributed by atoms with Gasteiger partial charge in [-0.05, 0) is 18.4 Å². The zero-order valence-corrected chi connectivity index (χ0v) is 11.4. The molecular formula is C12H16ClN3O3. The number of amides is 1. The molecule has 3 N–H and O–H groups in total. The van der Waals surface area contributed by atoms with E-state index in [0.29, 0.717) is 5.92 Å². The van der Waals surface area contributed by atoms with Crippen LogP contribution in [0.25, 0.3) is 0 Å². The summed E-state index contributed by atoms with van der Waals surface area (Å²) in [5.74, 6) is -0.0129. The summed E-state index contributed by atoms with van der Waals surface area (Å²) in [5.41, 5.74) is 2.56. The molecule has 19 heavy (non-hydrogen) atoms. The van der Waals surface area contributed by atoms with Gasteiger partial charge in [0.2, 0.25) is 0 Å². The van der Waals surface area contributed by atoms with Crippen LogP contribution in [-0.2, 0) is 0 Å². The number of carbonyl (C=O) groups is 1. The molecular weight excluding hydrogens is 270 g/mol. The van der Waals surface area contributed by atoms with Crippen LogP contribution in [0.1, 0.15) is 30.6 Å². The van der Waals surface area contributed by atoms with E-state index in [-0.39, 0.29) is 16.3 Å². The lowest BCUT2D eigenvalue weighted by molar-refractivity contribution is -0.991. The van der Waals surface area contributed by atoms with Gasteiger partial charge in [0.15, 0.2) is 5.69 Å². The van der Waals surface area contributed by atoms with Gasteiger partial charge in [-0.2, -0.15) is 10.3 Å². The van der Waals surface area contributed by atoms with Gasteiger partial charge >= 0.3 is 0 Å². The van der Waals surface area contributed by atoms with E-state index in [0.717, 1.165) is 6.42 Å². The molecule has 1 atom stereocenters. The third-order valence-corrected chi connectivity index (χ3v) is 2.61. The number of hydrazone groups is 1. The van der Waals surface area contributed by atoms with Crippen molar-refractivity contribution in [1.82, 2.24) is 5.43 Å². The Hall–Kier alpha value is -1.47. The fraction of sp³-hybridized carbons (Fsp3) is 0.333.